The van der Waals surface area contributed by atoms with E-state index in [1.807, 2.05) is 0 Å². The van der Waals surface area contributed by atoms with E-state index in [0.29, 0.717) is 36.0 Å². The van der Waals surface area contributed by atoms with Crippen LogP contribution in [0.5, 0.6) is 17.2 Å². The zero-order valence-electron chi connectivity index (χ0n) is 15.9. The van der Waals surface area contributed by atoms with E-state index < -0.39 is 23.8 Å². The number of anilines is 1. The maximum Gasteiger partial charge on any atom is 0.331 e. The summed E-state index contributed by atoms with van der Waals surface area (Å²) in [6.45, 7) is 2.24. The lowest BCUT2D eigenvalue weighted by Crippen LogP contribution is -2.29. The standard InChI is InChI=1S/C21H20FNO6/c1-13(21(25)23-16-6-4-3-5-15(16)22)29-19(24)8-7-14-11-17(26-2)20-18(12-14)27-9-10-28-20/h3-8,11-13H,9-10H2,1-2H3,(H,23,25)/b8-7+/t13-/m0/s1. The fourth-order valence-electron chi connectivity index (χ4n) is 2.62. The predicted octanol–water partition coefficient (Wildman–Crippen LogP) is 3.19. The first kappa shape index (κ1) is 20.2. The molecule has 0 unspecified atom stereocenters. The Morgan fingerprint density at radius 1 is 1.21 bits per heavy atom. The number of carbonyl (C=O) groups excluding carboxylic acids is 2. The van der Waals surface area contributed by atoms with Crippen LogP contribution in [0.3, 0.4) is 0 Å². The van der Waals surface area contributed by atoms with Gasteiger partial charge in [-0.25, -0.2) is 9.18 Å². The summed E-state index contributed by atoms with van der Waals surface area (Å²) in [5.41, 5.74) is 0.644. The average molecular weight is 401 g/mol. The minimum absolute atomic E-state index is 0.0133. The van der Waals surface area contributed by atoms with Gasteiger partial charge in [0.05, 0.1) is 12.8 Å². The fourth-order valence-corrected chi connectivity index (χ4v) is 2.62. The molecule has 0 aliphatic carbocycles. The van der Waals surface area contributed by atoms with Crippen LogP contribution >= 0.6 is 0 Å². The van der Waals surface area contributed by atoms with Crippen molar-refractivity contribution in [3.05, 3.63) is 53.9 Å². The van der Waals surface area contributed by atoms with Crippen molar-refractivity contribution >= 4 is 23.6 Å². The second kappa shape index (κ2) is 9.09. The maximum absolute atomic E-state index is 13.6. The Labute approximate surface area is 167 Å². The summed E-state index contributed by atoms with van der Waals surface area (Å²) in [7, 11) is 1.51. The number of benzene rings is 2. The number of carbonyl (C=O) groups is 2. The van der Waals surface area contributed by atoms with Crippen molar-refractivity contribution in [1.29, 1.82) is 0 Å². The second-order valence-electron chi connectivity index (χ2n) is 6.13. The molecular formula is C21H20FNO6. The highest BCUT2D eigenvalue weighted by Gasteiger charge is 2.19. The van der Waals surface area contributed by atoms with Crippen molar-refractivity contribution in [1.82, 2.24) is 0 Å². The molecule has 2 aromatic carbocycles. The van der Waals surface area contributed by atoms with Crippen molar-refractivity contribution in [2.75, 3.05) is 25.6 Å². The number of para-hydroxylation sites is 1. The van der Waals surface area contributed by atoms with Crippen LogP contribution in [0.1, 0.15) is 12.5 Å². The monoisotopic (exact) mass is 401 g/mol. The molecule has 7 nitrogen and oxygen atoms in total. The molecule has 0 fully saturated rings. The van der Waals surface area contributed by atoms with Crippen LogP contribution in [0.4, 0.5) is 10.1 Å². The summed E-state index contributed by atoms with van der Waals surface area (Å²) >= 11 is 0. The molecule has 3 rings (SSSR count). The van der Waals surface area contributed by atoms with Crippen LogP contribution < -0.4 is 19.5 Å². The molecule has 29 heavy (non-hydrogen) atoms. The third-order valence-corrected chi connectivity index (χ3v) is 4.06. The van der Waals surface area contributed by atoms with Gasteiger partial charge in [-0.05, 0) is 42.8 Å². The average Bonchev–Trinajstić information content (AvgIpc) is 2.73. The third-order valence-electron chi connectivity index (χ3n) is 4.06. The summed E-state index contributed by atoms with van der Waals surface area (Å²) in [4.78, 5) is 24.1. The Bertz CT molecular complexity index is 926. The van der Waals surface area contributed by atoms with Crippen molar-refractivity contribution < 1.29 is 32.9 Å². The Hall–Kier alpha value is -3.55. The summed E-state index contributed by atoms with van der Waals surface area (Å²) in [5.74, 6) is -0.439. The maximum atomic E-state index is 13.6. The first-order chi connectivity index (χ1) is 14.0. The number of ether oxygens (including phenoxy) is 4. The van der Waals surface area contributed by atoms with E-state index in [1.165, 1.54) is 44.4 Å². The molecule has 8 heteroatoms. The summed E-state index contributed by atoms with van der Waals surface area (Å²) < 4.78 is 35.0. The third kappa shape index (κ3) is 5.04. The van der Waals surface area contributed by atoms with E-state index in [2.05, 4.69) is 5.32 Å². The van der Waals surface area contributed by atoms with Gasteiger partial charge in [-0.3, -0.25) is 4.79 Å². The van der Waals surface area contributed by atoms with Gasteiger partial charge in [-0.1, -0.05) is 12.1 Å². The fraction of sp³-hybridized carbons (Fsp3) is 0.238. The minimum atomic E-state index is -1.11. The Balaban J connectivity index is 1.62. The molecular weight excluding hydrogens is 381 g/mol. The quantitative estimate of drug-likeness (QED) is 0.591. The van der Waals surface area contributed by atoms with Crippen LogP contribution in [0.25, 0.3) is 6.08 Å². The number of methoxy groups -OCH3 is 1. The van der Waals surface area contributed by atoms with Gasteiger partial charge in [0.2, 0.25) is 5.75 Å². The predicted molar refractivity (Wildman–Crippen MR) is 104 cm³/mol. The summed E-state index contributed by atoms with van der Waals surface area (Å²) in [6, 6.07) is 9.11. The van der Waals surface area contributed by atoms with Gasteiger partial charge in [0.1, 0.15) is 19.0 Å². The molecule has 1 N–H and O–H groups in total. The van der Waals surface area contributed by atoms with Crippen molar-refractivity contribution in [2.24, 2.45) is 0 Å². The number of halogens is 1. The lowest BCUT2D eigenvalue weighted by Gasteiger charge is -2.20. The first-order valence-corrected chi connectivity index (χ1v) is 8.89. The van der Waals surface area contributed by atoms with E-state index >= 15 is 0 Å². The van der Waals surface area contributed by atoms with Gasteiger partial charge in [-0.15, -0.1) is 0 Å². The van der Waals surface area contributed by atoms with Crippen molar-refractivity contribution in [2.45, 2.75) is 13.0 Å². The van der Waals surface area contributed by atoms with Crippen molar-refractivity contribution in [3.8, 4) is 17.2 Å². The molecule has 1 heterocycles. The van der Waals surface area contributed by atoms with E-state index in [9.17, 15) is 14.0 Å². The lowest BCUT2D eigenvalue weighted by atomic mass is 10.1. The first-order valence-electron chi connectivity index (χ1n) is 8.89. The Morgan fingerprint density at radius 2 is 1.97 bits per heavy atom. The van der Waals surface area contributed by atoms with Crippen LogP contribution in [-0.4, -0.2) is 38.3 Å². The molecule has 1 amide bonds. The molecule has 1 aliphatic rings. The molecule has 0 spiro atoms. The van der Waals surface area contributed by atoms with Gasteiger partial charge < -0.3 is 24.3 Å². The number of rotatable bonds is 6. The second-order valence-corrected chi connectivity index (χ2v) is 6.13. The van der Waals surface area contributed by atoms with E-state index in [1.54, 1.807) is 18.2 Å². The SMILES string of the molecule is COc1cc(/C=C/C(=O)O[C@@H](C)C(=O)Nc2ccccc2F)cc2c1OCCO2. The van der Waals surface area contributed by atoms with Gasteiger partial charge in [0.25, 0.3) is 5.91 Å². The van der Waals surface area contributed by atoms with Crippen LogP contribution in [0, 0.1) is 5.82 Å². The Kier molecular flexibility index (Phi) is 6.33. The number of hydrogen-bond donors (Lipinski definition) is 1. The van der Waals surface area contributed by atoms with E-state index in [0.717, 1.165) is 0 Å². The lowest BCUT2D eigenvalue weighted by molar-refractivity contribution is -0.148. The molecule has 0 saturated heterocycles. The molecule has 1 atom stereocenters. The van der Waals surface area contributed by atoms with Crippen LogP contribution in [0.2, 0.25) is 0 Å². The normalized spacial score (nSPS) is 13.6. The molecule has 0 aromatic heterocycles. The smallest absolute Gasteiger partial charge is 0.331 e. The number of hydrogen-bond acceptors (Lipinski definition) is 6. The zero-order chi connectivity index (χ0) is 20.8. The van der Waals surface area contributed by atoms with Gasteiger partial charge in [0, 0.05) is 6.08 Å². The molecule has 2 aromatic rings. The highest BCUT2D eigenvalue weighted by Crippen LogP contribution is 2.40. The highest BCUT2D eigenvalue weighted by molar-refractivity contribution is 5.96. The number of amides is 1. The van der Waals surface area contributed by atoms with E-state index in [4.69, 9.17) is 18.9 Å². The minimum Gasteiger partial charge on any atom is -0.493 e. The van der Waals surface area contributed by atoms with Crippen LogP contribution in [-0.2, 0) is 14.3 Å². The summed E-state index contributed by atoms with van der Waals surface area (Å²) in [5, 5.41) is 2.38. The van der Waals surface area contributed by atoms with E-state index in [-0.39, 0.29) is 5.69 Å². The number of nitrogens with one attached hydrogen (secondary N) is 1. The van der Waals surface area contributed by atoms with Crippen molar-refractivity contribution in [3.63, 3.8) is 0 Å². The highest BCUT2D eigenvalue weighted by atomic mass is 19.1. The zero-order valence-corrected chi connectivity index (χ0v) is 15.9. The number of esters is 1. The Morgan fingerprint density at radius 3 is 2.72 bits per heavy atom. The summed E-state index contributed by atoms with van der Waals surface area (Å²) in [6.07, 6.45) is 1.57. The van der Waals surface area contributed by atoms with Crippen LogP contribution in [0.15, 0.2) is 42.5 Å². The van der Waals surface area contributed by atoms with Gasteiger partial charge in [0.15, 0.2) is 17.6 Å². The molecule has 0 radical (unpaired) electrons. The topological polar surface area (TPSA) is 83.1 Å². The largest absolute Gasteiger partial charge is 0.493 e. The number of fused-ring (bicyclic) bond motifs is 1. The molecule has 152 valence electrons. The molecule has 0 bridgehead atoms. The van der Waals surface area contributed by atoms with Gasteiger partial charge >= 0.3 is 5.97 Å². The van der Waals surface area contributed by atoms with Gasteiger partial charge in [-0.2, -0.15) is 0 Å². The molecule has 1 aliphatic heterocycles. The molecule has 0 saturated carbocycles.